The minimum atomic E-state index is -0.850. The third-order valence-corrected chi connectivity index (χ3v) is 5.85. The maximum Gasteiger partial charge on any atom is 0.358 e. The van der Waals surface area contributed by atoms with Crippen LogP contribution in [-0.4, -0.2) is 29.5 Å². The highest BCUT2D eigenvalue weighted by Crippen LogP contribution is 2.26. The van der Waals surface area contributed by atoms with Crippen molar-refractivity contribution < 1.29 is 14.3 Å². The zero-order valence-electron chi connectivity index (χ0n) is 15.2. The lowest BCUT2D eigenvalue weighted by atomic mass is 9.89. The first-order valence-electron chi connectivity index (χ1n) is 9.23. The number of nitrogens with one attached hydrogen (secondary N) is 1. The van der Waals surface area contributed by atoms with E-state index >= 15 is 0 Å². The molecule has 0 radical (unpaired) electrons. The predicted octanol–water partition coefficient (Wildman–Crippen LogP) is 4.71. The molecule has 2 aromatic rings. The number of aromatic nitrogens is 1. The van der Waals surface area contributed by atoms with Gasteiger partial charge in [0.15, 0.2) is 11.8 Å². The summed E-state index contributed by atoms with van der Waals surface area (Å²) >= 11 is 7.33. The van der Waals surface area contributed by atoms with Crippen molar-refractivity contribution in [3.63, 3.8) is 0 Å². The quantitative estimate of drug-likeness (QED) is 0.705. The molecular formula is C20H23ClN2O3S. The van der Waals surface area contributed by atoms with E-state index in [0.29, 0.717) is 22.5 Å². The zero-order chi connectivity index (χ0) is 19.2. The molecule has 7 heteroatoms. The van der Waals surface area contributed by atoms with E-state index in [0.717, 1.165) is 18.4 Å². The molecule has 3 rings (SSSR count). The average molecular weight is 407 g/mol. The van der Waals surface area contributed by atoms with Gasteiger partial charge in [-0.15, -0.1) is 11.3 Å². The largest absolute Gasteiger partial charge is 0.448 e. The molecule has 1 N–H and O–H groups in total. The Labute approximate surface area is 168 Å². The number of carbonyl (C=O) groups excluding carboxylic acids is 2. The second-order valence-corrected chi connectivity index (χ2v) is 8.14. The molecule has 27 heavy (non-hydrogen) atoms. The predicted molar refractivity (Wildman–Crippen MR) is 107 cm³/mol. The molecule has 1 atom stereocenters. The first-order valence-corrected chi connectivity index (χ1v) is 10.5. The number of esters is 1. The van der Waals surface area contributed by atoms with Crippen LogP contribution in [0, 0.1) is 5.92 Å². The number of nitrogens with zero attached hydrogens (tertiary/aromatic N) is 1. The normalized spacial score (nSPS) is 15.9. The van der Waals surface area contributed by atoms with Gasteiger partial charge < -0.3 is 10.1 Å². The number of benzene rings is 1. The van der Waals surface area contributed by atoms with Crippen LogP contribution in [0.3, 0.4) is 0 Å². The molecule has 1 aliphatic carbocycles. The highest BCUT2D eigenvalue weighted by Gasteiger charge is 2.22. The van der Waals surface area contributed by atoms with Crippen molar-refractivity contribution in [1.82, 2.24) is 10.3 Å². The molecule has 0 bridgehead atoms. The van der Waals surface area contributed by atoms with E-state index in [2.05, 4.69) is 10.3 Å². The SMILES string of the molecule is CC(OC(=O)c1csc(-c2cccc(Cl)c2)n1)C(=O)NCC1CCCCC1. The lowest BCUT2D eigenvalue weighted by molar-refractivity contribution is -0.129. The van der Waals surface area contributed by atoms with Gasteiger partial charge in [-0.2, -0.15) is 0 Å². The molecule has 1 heterocycles. The summed E-state index contributed by atoms with van der Waals surface area (Å²) in [7, 11) is 0. The molecule has 0 spiro atoms. The van der Waals surface area contributed by atoms with Crippen LogP contribution in [0.2, 0.25) is 5.02 Å². The molecule has 1 saturated carbocycles. The second-order valence-electron chi connectivity index (χ2n) is 6.84. The standard InChI is InChI=1S/C20H23ClN2O3S/c1-13(18(24)22-11-14-6-3-2-4-7-14)26-20(25)17-12-27-19(23-17)15-8-5-9-16(21)10-15/h5,8-10,12-14H,2-4,6-7,11H2,1H3,(H,22,24). The minimum absolute atomic E-state index is 0.196. The van der Waals surface area contributed by atoms with E-state index in [4.69, 9.17) is 16.3 Å². The van der Waals surface area contributed by atoms with Gasteiger partial charge in [-0.1, -0.05) is 43.0 Å². The number of carbonyl (C=O) groups is 2. The molecule has 1 aliphatic rings. The van der Waals surface area contributed by atoms with Gasteiger partial charge in [0, 0.05) is 22.5 Å². The van der Waals surface area contributed by atoms with E-state index < -0.39 is 12.1 Å². The zero-order valence-corrected chi connectivity index (χ0v) is 16.8. The molecule has 1 fully saturated rings. The fourth-order valence-corrected chi connectivity index (χ4v) is 4.15. The van der Waals surface area contributed by atoms with Crippen LogP contribution in [0.15, 0.2) is 29.6 Å². The van der Waals surface area contributed by atoms with Gasteiger partial charge in [0.2, 0.25) is 0 Å². The Bertz CT molecular complexity index is 802. The molecular weight excluding hydrogens is 384 g/mol. The highest BCUT2D eigenvalue weighted by molar-refractivity contribution is 7.13. The topological polar surface area (TPSA) is 68.3 Å². The second kappa shape index (κ2) is 9.33. The molecule has 5 nitrogen and oxygen atoms in total. The number of rotatable bonds is 6. The highest BCUT2D eigenvalue weighted by atomic mass is 35.5. The van der Waals surface area contributed by atoms with Crippen molar-refractivity contribution in [1.29, 1.82) is 0 Å². The van der Waals surface area contributed by atoms with Gasteiger partial charge in [-0.3, -0.25) is 4.79 Å². The number of hydrogen-bond acceptors (Lipinski definition) is 5. The lowest BCUT2D eigenvalue weighted by Gasteiger charge is -2.22. The Kier molecular flexibility index (Phi) is 6.85. The molecule has 0 saturated heterocycles. The van der Waals surface area contributed by atoms with E-state index in [1.807, 2.05) is 12.1 Å². The van der Waals surface area contributed by atoms with Crippen LogP contribution in [0.4, 0.5) is 0 Å². The molecule has 1 aromatic carbocycles. The van der Waals surface area contributed by atoms with Gasteiger partial charge in [-0.25, -0.2) is 9.78 Å². The summed E-state index contributed by atoms with van der Waals surface area (Å²) < 4.78 is 5.28. The first-order chi connectivity index (χ1) is 13.0. The Morgan fingerprint density at radius 3 is 2.85 bits per heavy atom. The van der Waals surface area contributed by atoms with E-state index in [1.165, 1.54) is 30.6 Å². The Morgan fingerprint density at radius 1 is 1.33 bits per heavy atom. The van der Waals surface area contributed by atoms with Crippen LogP contribution in [0.25, 0.3) is 10.6 Å². The molecule has 0 aliphatic heterocycles. The van der Waals surface area contributed by atoms with Crippen LogP contribution in [0.5, 0.6) is 0 Å². The molecule has 1 amide bonds. The van der Waals surface area contributed by atoms with Crippen molar-refractivity contribution in [3.05, 3.63) is 40.4 Å². The molecule has 144 valence electrons. The molecule has 1 unspecified atom stereocenters. The summed E-state index contributed by atoms with van der Waals surface area (Å²) in [5.41, 5.74) is 1.03. The van der Waals surface area contributed by atoms with Crippen LogP contribution in [-0.2, 0) is 9.53 Å². The fraction of sp³-hybridized carbons (Fsp3) is 0.450. The van der Waals surface area contributed by atoms with Crippen LogP contribution < -0.4 is 5.32 Å². The van der Waals surface area contributed by atoms with Gasteiger partial charge in [0.25, 0.3) is 5.91 Å². The van der Waals surface area contributed by atoms with Crippen molar-refractivity contribution in [2.75, 3.05) is 6.54 Å². The lowest BCUT2D eigenvalue weighted by Crippen LogP contribution is -2.38. The van der Waals surface area contributed by atoms with Crippen molar-refractivity contribution in [3.8, 4) is 10.6 Å². The van der Waals surface area contributed by atoms with Crippen molar-refractivity contribution >= 4 is 34.8 Å². The maximum atomic E-state index is 12.3. The van der Waals surface area contributed by atoms with E-state index in [1.54, 1.807) is 24.4 Å². The van der Waals surface area contributed by atoms with Crippen molar-refractivity contribution in [2.45, 2.75) is 45.1 Å². The summed E-state index contributed by atoms with van der Waals surface area (Å²) in [6, 6.07) is 7.27. The van der Waals surface area contributed by atoms with Crippen molar-refractivity contribution in [2.24, 2.45) is 5.92 Å². The maximum absolute atomic E-state index is 12.3. The third kappa shape index (κ3) is 5.53. The molecule has 1 aromatic heterocycles. The number of amides is 1. The Balaban J connectivity index is 1.52. The average Bonchev–Trinajstić information content (AvgIpc) is 3.17. The van der Waals surface area contributed by atoms with Gasteiger partial charge in [0.05, 0.1) is 0 Å². The number of halogens is 1. The number of thiazole rings is 1. The van der Waals surface area contributed by atoms with Gasteiger partial charge in [0.1, 0.15) is 5.01 Å². The van der Waals surface area contributed by atoms with Gasteiger partial charge in [-0.05, 0) is 37.8 Å². The Hall–Kier alpha value is -1.92. The summed E-state index contributed by atoms with van der Waals surface area (Å²) in [5, 5.41) is 5.81. The third-order valence-electron chi connectivity index (χ3n) is 4.73. The smallest absolute Gasteiger partial charge is 0.358 e. The summed E-state index contributed by atoms with van der Waals surface area (Å²) in [6.45, 7) is 2.23. The Morgan fingerprint density at radius 2 is 2.11 bits per heavy atom. The summed E-state index contributed by atoms with van der Waals surface area (Å²) in [6.07, 6.45) is 5.19. The monoisotopic (exact) mass is 406 g/mol. The fourth-order valence-electron chi connectivity index (χ4n) is 3.18. The number of ether oxygens (including phenoxy) is 1. The summed E-state index contributed by atoms with van der Waals surface area (Å²) in [5.74, 6) is -0.330. The first kappa shape index (κ1) is 19.8. The van der Waals surface area contributed by atoms with Gasteiger partial charge >= 0.3 is 5.97 Å². The van der Waals surface area contributed by atoms with Crippen LogP contribution in [0.1, 0.15) is 49.5 Å². The van der Waals surface area contributed by atoms with E-state index in [-0.39, 0.29) is 11.6 Å². The van der Waals surface area contributed by atoms with E-state index in [9.17, 15) is 9.59 Å². The summed E-state index contributed by atoms with van der Waals surface area (Å²) in [4.78, 5) is 28.8. The van der Waals surface area contributed by atoms with Crippen LogP contribution >= 0.6 is 22.9 Å². The minimum Gasteiger partial charge on any atom is -0.448 e. The number of hydrogen-bond donors (Lipinski definition) is 1.